The number of rotatable bonds is 8. The van der Waals surface area contributed by atoms with Crippen molar-refractivity contribution in [1.29, 1.82) is 0 Å². The number of carbonyl (C=O) groups is 1. The summed E-state index contributed by atoms with van der Waals surface area (Å²) >= 11 is 3.27. The molecule has 0 saturated carbocycles. The number of hydrogen-bond donors (Lipinski definition) is 1. The number of aryl methyl sites for hydroxylation is 2. The number of thioether (sulfide) groups is 1. The number of thiophene rings is 1. The lowest BCUT2D eigenvalue weighted by atomic mass is 9.97. The molecule has 0 radical (unpaired) electrons. The number of benzene rings is 1. The first-order valence-corrected chi connectivity index (χ1v) is 12.5. The highest BCUT2D eigenvalue weighted by molar-refractivity contribution is 7.98. The zero-order chi connectivity index (χ0) is 22.0. The van der Waals surface area contributed by atoms with Gasteiger partial charge in [0, 0.05) is 22.7 Å². The van der Waals surface area contributed by atoms with Crippen molar-refractivity contribution in [3.05, 3.63) is 56.2 Å². The second-order valence-corrected chi connectivity index (χ2v) is 10.3. The van der Waals surface area contributed by atoms with Gasteiger partial charge in [-0.25, -0.2) is 4.98 Å². The second kappa shape index (κ2) is 9.54. The smallest absolute Gasteiger partial charge is 0.263 e. The van der Waals surface area contributed by atoms with Crippen molar-refractivity contribution in [1.82, 2.24) is 14.5 Å². The topological polar surface area (TPSA) is 81.2 Å². The summed E-state index contributed by atoms with van der Waals surface area (Å²) in [6, 6.07) is 7.30. The Bertz CT molecular complexity index is 1150. The molecule has 1 aliphatic carbocycles. The Labute approximate surface area is 190 Å². The number of nitrogens with zero attached hydrogens (tertiary/aromatic N) is 3. The van der Waals surface area contributed by atoms with E-state index in [1.165, 1.54) is 16.9 Å². The fourth-order valence-electron chi connectivity index (χ4n) is 3.99. The quantitative estimate of drug-likeness (QED) is 0.413. The van der Waals surface area contributed by atoms with Crippen molar-refractivity contribution in [2.45, 2.75) is 49.6 Å². The average Bonchev–Trinajstić information content (AvgIpc) is 3.12. The van der Waals surface area contributed by atoms with Crippen LogP contribution in [0.5, 0.6) is 0 Å². The van der Waals surface area contributed by atoms with Gasteiger partial charge in [-0.05, 0) is 76.0 Å². The molecule has 1 aromatic carbocycles. The molecule has 1 aliphatic rings. The molecule has 164 valence electrons. The van der Waals surface area contributed by atoms with Crippen LogP contribution in [0.4, 0.5) is 0 Å². The van der Waals surface area contributed by atoms with Gasteiger partial charge in [-0.3, -0.25) is 14.2 Å². The first-order valence-electron chi connectivity index (χ1n) is 10.7. The largest absolute Gasteiger partial charge is 0.366 e. The molecule has 0 unspecified atom stereocenters. The summed E-state index contributed by atoms with van der Waals surface area (Å²) in [6.45, 7) is 1.58. The fourth-order valence-corrected chi connectivity index (χ4v) is 6.27. The van der Waals surface area contributed by atoms with E-state index in [0.29, 0.717) is 17.9 Å². The Kier molecular flexibility index (Phi) is 6.79. The lowest BCUT2D eigenvalue weighted by Crippen LogP contribution is -2.25. The average molecular weight is 457 g/mol. The molecule has 0 spiro atoms. The molecule has 6 nitrogen and oxygen atoms in total. The molecule has 2 heterocycles. The van der Waals surface area contributed by atoms with Crippen LogP contribution in [0.2, 0.25) is 0 Å². The Morgan fingerprint density at radius 1 is 1.23 bits per heavy atom. The van der Waals surface area contributed by atoms with Crippen molar-refractivity contribution >= 4 is 39.2 Å². The van der Waals surface area contributed by atoms with Crippen LogP contribution in [0, 0.1) is 0 Å². The molecular weight excluding hydrogens is 428 g/mol. The summed E-state index contributed by atoms with van der Waals surface area (Å²) in [7, 11) is 4.09. The van der Waals surface area contributed by atoms with Crippen molar-refractivity contribution in [2.24, 2.45) is 5.73 Å². The number of nitrogens with two attached hydrogens (primary N) is 1. The molecule has 4 rings (SSSR count). The molecule has 2 aromatic heterocycles. The fraction of sp³-hybridized carbons (Fsp3) is 0.435. The van der Waals surface area contributed by atoms with E-state index in [-0.39, 0.29) is 5.56 Å². The molecule has 0 fully saturated rings. The van der Waals surface area contributed by atoms with Crippen LogP contribution in [0.3, 0.4) is 0 Å². The SMILES string of the molecule is CN(C)CCCn1c(SCc2ccc(C(N)=O)cc2)nc2sc3c(c2c1=O)CCCC3. The van der Waals surface area contributed by atoms with Gasteiger partial charge in [-0.2, -0.15) is 0 Å². The van der Waals surface area contributed by atoms with Gasteiger partial charge in [-0.15, -0.1) is 11.3 Å². The molecule has 1 amide bonds. The maximum atomic E-state index is 13.5. The number of carbonyl (C=O) groups excluding carboxylic acids is 1. The Morgan fingerprint density at radius 3 is 2.68 bits per heavy atom. The highest BCUT2D eigenvalue weighted by Gasteiger charge is 2.22. The highest BCUT2D eigenvalue weighted by Crippen LogP contribution is 2.35. The predicted molar refractivity (Wildman–Crippen MR) is 128 cm³/mol. The van der Waals surface area contributed by atoms with Gasteiger partial charge in [0.25, 0.3) is 5.56 Å². The number of aromatic nitrogens is 2. The molecule has 8 heteroatoms. The first kappa shape index (κ1) is 22.0. The van der Waals surface area contributed by atoms with E-state index in [2.05, 4.69) is 4.90 Å². The molecule has 0 aliphatic heterocycles. The minimum Gasteiger partial charge on any atom is -0.366 e. The van der Waals surface area contributed by atoms with E-state index in [1.807, 2.05) is 30.8 Å². The zero-order valence-corrected chi connectivity index (χ0v) is 19.7. The van der Waals surface area contributed by atoms with Crippen LogP contribution >= 0.6 is 23.1 Å². The van der Waals surface area contributed by atoms with E-state index in [4.69, 9.17) is 10.7 Å². The summed E-state index contributed by atoms with van der Waals surface area (Å²) in [4.78, 5) is 34.2. The summed E-state index contributed by atoms with van der Waals surface area (Å²) in [5.41, 5.74) is 8.24. The standard InChI is InChI=1S/C23H28N4O2S2/c1-26(2)12-5-13-27-22(29)19-17-6-3-4-7-18(17)31-21(19)25-23(27)30-14-15-8-10-16(11-9-15)20(24)28/h8-11H,3-7,12-14H2,1-2H3,(H2,24,28). The van der Waals surface area contributed by atoms with Crippen molar-refractivity contribution in [2.75, 3.05) is 20.6 Å². The van der Waals surface area contributed by atoms with Crippen LogP contribution in [-0.2, 0) is 25.1 Å². The monoisotopic (exact) mass is 456 g/mol. The molecule has 31 heavy (non-hydrogen) atoms. The van der Waals surface area contributed by atoms with Crippen molar-refractivity contribution < 1.29 is 4.79 Å². The van der Waals surface area contributed by atoms with Crippen LogP contribution in [0.1, 0.15) is 45.6 Å². The van der Waals surface area contributed by atoms with Gasteiger partial charge in [0.1, 0.15) is 4.83 Å². The van der Waals surface area contributed by atoms with Gasteiger partial charge in [0.05, 0.1) is 5.39 Å². The molecule has 0 saturated heterocycles. The molecular formula is C23H28N4O2S2. The maximum absolute atomic E-state index is 13.5. The van der Waals surface area contributed by atoms with E-state index in [0.717, 1.165) is 53.2 Å². The Balaban J connectivity index is 1.66. The minimum absolute atomic E-state index is 0.106. The molecule has 0 bridgehead atoms. The highest BCUT2D eigenvalue weighted by atomic mass is 32.2. The third kappa shape index (κ3) is 4.86. The van der Waals surface area contributed by atoms with Gasteiger partial charge >= 0.3 is 0 Å². The molecule has 2 N–H and O–H groups in total. The van der Waals surface area contributed by atoms with Crippen molar-refractivity contribution in [3.63, 3.8) is 0 Å². The summed E-state index contributed by atoms with van der Waals surface area (Å²) < 4.78 is 1.87. The number of amides is 1. The number of fused-ring (bicyclic) bond motifs is 3. The third-order valence-corrected chi connectivity index (χ3v) is 7.87. The van der Waals surface area contributed by atoms with E-state index in [1.54, 1.807) is 35.2 Å². The Morgan fingerprint density at radius 2 is 1.97 bits per heavy atom. The van der Waals surface area contributed by atoms with Crippen LogP contribution in [0.25, 0.3) is 10.2 Å². The van der Waals surface area contributed by atoms with Crippen molar-refractivity contribution in [3.8, 4) is 0 Å². The summed E-state index contributed by atoms with van der Waals surface area (Å²) in [6.07, 6.45) is 5.29. The zero-order valence-electron chi connectivity index (χ0n) is 18.0. The first-order chi connectivity index (χ1) is 14.9. The maximum Gasteiger partial charge on any atom is 0.263 e. The molecule has 3 aromatic rings. The van der Waals surface area contributed by atoms with E-state index < -0.39 is 5.91 Å². The lowest BCUT2D eigenvalue weighted by molar-refractivity contribution is 0.100. The number of primary amides is 1. The predicted octanol–water partition coefficient (Wildman–Crippen LogP) is 3.68. The van der Waals surface area contributed by atoms with Gasteiger partial charge in [-0.1, -0.05) is 23.9 Å². The van der Waals surface area contributed by atoms with Gasteiger partial charge in [0.15, 0.2) is 5.16 Å². The molecule has 0 atom stereocenters. The minimum atomic E-state index is -0.428. The number of hydrogen-bond acceptors (Lipinski definition) is 6. The van der Waals surface area contributed by atoms with Gasteiger partial charge in [0.2, 0.25) is 5.91 Å². The summed E-state index contributed by atoms with van der Waals surface area (Å²) in [5, 5.41) is 1.62. The van der Waals surface area contributed by atoms with Crippen LogP contribution < -0.4 is 11.3 Å². The third-order valence-electron chi connectivity index (χ3n) is 5.63. The van der Waals surface area contributed by atoms with Crippen LogP contribution in [-0.4, -0.2) is 41.0 Å². The van der Waals surface area contributed by atoms with E-state index >= 15 is 0 Å². The van der Waals surface area contributed by atoms with E-state index in [9.17, 15) is 9.59 Å². The van der Waals surface area contributed by atoms with Crippen LogP contribution in [0.15, 0.2) is 34.2 Å². The van der Waals surface area contributed by atoms with Gasteiger partial charge < -0.3 is 10.6 Å². The summed E-state index contributed by atoms with van der Waals surface area (Å²) in [5.74, 6) is 0.248. The Hall–Kier alpha value is -2.16. The second-order valence-electron chi connectivity index (χ2n) is 8.25. The lowest BCUT2D eigenvalue weighted by Gasteiger charge is -2.15. The normalized spacial score (nSPS) is 13.6.